The molecule has 0 atom stereocenters. The molecule has 0 unspecified atom stereocenters. The number of imidazole rings is 1. The molecule has 2 aliphatic rings. The monoisotopic (exact) mass is 347 g/mol. The highest BCUT2D eigenvalue weighted by molar-refractivity contribution is 5.76. The molecule has 1 aromatic rings. The number of likely N-dealkylation sites (tertiary alicyclic amines) is 1. The Morgan fingerprint density at radius 1 is 1.35 bits per heavy atom. The summed E-state index contributed by atoms with van der Waals surface area (Å²) in [5.74, 6) is 0. The van der Waals surface area contributed by atoms with Crippen molar-refractivity contribution >= 4 is 6.03 Å². The van der Waals surface area contributed by atoms with Gasteiger partial charge in [-0.15, -0.1) is 0 Å². The van der Waals surface area contributed by atoms with Crippen LogP contribution in [0.15, 0.2) is 18.7 Å². The Morgan fingerprint density at radius 3 is 2.59 bits per heavy atom. The van der Waals surface area contributed by atoms with Gasteiger partial charge in [0.05, 0.1) is 7.05 Å². The van der Waals surface area contributed by atoms with E-state index in [0.717, 1.165) is 13.1 Å². The van der Waals surface area contributed by atoms with Crippen LogP contribution in [0.4, 0.5) is 4.79 Å². The van der Waals surface area contributed by atoms with Crippen molar-refractivity contribution in [3.8, 4) is 0 Å². The van der Waals surface area contributed by atoms with E-state index >= 15 is 0 Å². The third-order valence-corrected chi connectivity index (χ3v) is 4.11. The molecule has 17 heavy (non-hydrogen) atoms. The first-order valence-electron chi connectivity index (χ1n) is 6.01. The summed E-state index contributed by atoms with van der Waals surface area (Å²) in [5.41, 5.74) is 0.491. The number of nitrogens with zero attached hydrogens (tertiary/aromatic N) is 3. The van der Waals surface area contributed by atoms with Crippen molar-refractivity contribution in [2.45, 2.75) is 25.7 Å². The van der Waals surface area contributed by atoms with Crippen molar-refractivity contribution in [1.29, 1.82) is 0 Å². The predicted octanol–water partition coefficient (Wildman–Crippen LogP) is -1.84. The van der Waals surface area contributed by atoms with Crippen LogP contribution in [0.25, 0.3) is 0 Å². The number of carbonyl (C=O) groups is 1. The first-order chi connectivity index (χ1) is 7.69. The molecule has 0 radical (unpaired) electrons. The second kappa shape index (κ2) is 4.59. The van der Waals surface area contributed by atoms with Gasteiger partial charge in [0.25, 0.3) is 6.33 Å². The second-order valence-corrected chi connectivity index (χ2v) is 5.29. The van der Waals surface area contributed by atoms with Crippen LogP contribution in [-0.4, -0.2) is 28.6 Å². The van der Waals surface area contributed by atoms with Crippen LogP contribution in [-0.2, 0) is 7.05 Å². The third-order valence-electron chi connectivity index (χ3n) is 4.11. The zero-order valence-corrected chi connectivity index (χ0v) is 12.3. The van der Waals surface area contributed by atoms with Crippen LogP contribution in [0.2, 0.25) is 0 Å². The number of halogens is 1. The SMILES string of the molecule is C[n+]1ccn(C(=O)N2CCC3(CCC3)C2)c1.[I-]. The average molecular weight is 347 g/mol. The molecule has 0 bridgehead atoms. The van der Waals surface area contributed by atoms with E-state index in [2.05, 4.69) is 0 Å². The van der Waals surface area contributed by atoms with Gasteiger partial charge in [0, 0.05) is 13.1 Å². The second-order valence-electron chi connectivity index (χ2n) is 5.29. The number of aromatic nitrogens is 2. The van der Waals surface area contributed by atoms with Crippen LogP contribution in [0, 0.1) is 5.41 Å². The van der Waals surface area contributed by atoms with Gasteiger partial charge in [0.15, 0.2) is 0 Å². The van der Waals surface area contributed by atoms with Crippen molar-refractivity contribution in [1.82, 2.24) is 9.47 Å². The van der Waals surface area contributed by atoms with Crippen molar-refractivity contribution < 1.29 is 33.3 Å². The van der Waals surface area contributed by atoms with Gasteiger partial charge in [-0.2, -0.15) is 4.57 Å². The van der Waals surface area contributed by atoms with Gasteiger partial charge in [-0.3, -0.25) is 0 Å². The number of rotatable bonds is 0. The molecule has 1 saturated carbocycles. The fourth-order valence-corrected chi connectivity index (χ4v) is 2.91. The summed E-state index contributed by atoms with van der Waals surface area (Å²) in [6.07, 6.45) is 10.7. The largest absolute Gasteiger partial charge is 1.00 e. The lowest BCUT2D eigenvalue weighted by molar-refractivity contribution is -0.670. The van der Waals surface area contributed by atoms with Crippen molar-refractivity contribution in [3.05, 3.63) is 18.7 Å². The van der Waals surface area contributed by atoms with E-state index < -0.39 is 0 Å². The van der Waals surface area contributed by atoms with Crippen LogP contribution in [0.1, 0.15) is 25.7 Å². The molecule has 4 nitrogen and oxygen atoms in total. The number of hydrogen-bond acceptors (Lipinski definition) is 1. The zero-order chi connectivity index (χ0) is 11.2. The maximum atomic E-state index is 12.2. The molecule has 0 aromatic carbocycles. The van der Waals surface area contributed by atoms with Gasteiger partial charge in [-0.05, 0) is 24.7 Å². The topological polar surface area (TPSA) is 29.1 Å². The van der Waals surface area contributed by atoms with Gasteiger partial charge in [0.2, 0.25) is 0 Å². The molecule has 2 heterocycles. The first-order valence-corrected chi connectivity index (χ1v) is 6.01. The molecule has 3 rings (SSSR count). The quantitative estimate of drug-likeness (QED) is 0.401. The highest BCUT2D eigenvalue weighted by Gasteiger charge is 2.45. The average Bonchev–Trinajstić information content (AvgIpc) is 2.81. The summed E-state index contributed by atoms with van der Waals surface area (Å²) in [6, 6.07) is 0.129. The number of aryl methyl sites for hydroxylation is 1. The molecule has 0 N–H and O–H groups in total. The predicted molar refractivity (Wildman–Crippen MR) is 58.9 cm³/mol. The smallest absolute Gasteiger partial charge is 0.415 e. The van der Waals surface area contributed by atoms with E-state index in [-0.39, 0.29) is 30.0 Å². The summed E-state index contributed by atoms with van der Waals surface area (Å²) in [5, 5.41) is 0. The van der Waals surface area contributed by atoms with E-state index in [1.807, 2.05) is 35.2 Å². The molecule has 94 valence electrons. The Hall–Kier alpha value is -0.590. The van der Waals surface area contributed by atoms with E-state index in [4.69, 9.17) is 0 Å². The number of hydrogen-bond donors (Lipinski definition) is 0. The molecule has 2 fully saturated rings. The summed E-state index contributed by atoms with van der Waals surface area (Å²) in [6.45, 7) is 1.90. The van der Waals surface area contributed by atoms with E-state index in [0.29, 0.717) is 5.41 Å². The van der Waals surface area contributed by atoms with Crippen LogP contribution < -0.4 is 28.5 Å². The molecular formula is C12H18IN3O. The van der Waals surface area contributed by atoms with Crippen LogP contribution in [0.3, 0.4) is 0 Å². The maximum absolute atomic E-state index is 12.2. The van der Waals surface area contributed by atoms with Gasteiger partial charge in [0.1, 0.15) is 12.4 Å². The Balaban J connectivity index is 0.00000108. The molecular weight excluding hydrogens is 329 g/mol. The lowest BCUT2D eigenvalue weighted by atomic mass is 9.68. The fourth-order valence-electron chi connectivity index (χ4n) is 2.91. The van der Waals surface area contributed by atoms with E-state index in [9.17, 15) is 4.79 Å². The lowest BCUT2D eigenvalue weighted by Gasteiger charge is -2.37. The number of carbonyl (C=O) groups excluding carboxylic acids is 1. The van der Waals surface area contributed by atoms with Crippen molar-refractivity contribution in [2.75, 3.05) is 13.1 Å². The van der Waals surface area contributed by atoms with E-state index in [1.54, 1.807) is 4.57 Å². The highest BCUT2D eigenvalue weighted by Crippen LogP contribution is 2.47. The minimum atomic E-state index is 0. The summed E-state index contributed by atoms with van der Waals surface area (Å²) in [4.78, 5) is 14.2. The van der Waals surface area contributed by atoms with Crippen LogP contribution >= 0.6 is 0 Å². The Labute approximate surface area is 119 Å². The molecule has 1 aromatic heterocycles. The number of amides is 1. The van der Waals surface area contributed by atoms with Crippen LogP contribution in [0.5, 0.6) is 0 Å². The highest BCUT2D eigenvalue weighted by atomic mass is 127. The summed E-state index contributed by atoms with van der Waals surface area (Å²) in [7, 11) is 1.93. The van der Waals surface area contributed by atoms with Gasteiger partial charge < -0.3 is 28.9 Å². The normalized spacial score (nSPS) is 21.1. The molecule has 1 aliphatic carbocycles. The third kappa shape index (κ3) is 2.21. The zero-order valence-electron chi connectivity index (χ0n) is 10.1. The lowest BCUT2D eigenvalue weighted by Crippen LogP contribution is -3.00. The standard InChI is InChI=1S/C12H18N3O.HI/c1-13-7-8-15(10-13)11(16)14-6-5-12(9-14)3-2-4-12;/h7-8,10H,2-6,9H2,1H3;1H/q+1;/p-1. The molecule has 1 saturated heterocycles. The van der Waals surface area contributed by atoms with Gasteiger partial charge in [-0.25, -0.2) is 9.36 Å². The van der Waals surface area contributed by atoms with Crippen molar-refractivity contribution in [3.63, 3.8) is 0 Å². The van der Waals surface area contributed by atoms with E-state index in [1.165, 1.54) is 25.7 Å². The Kier molecular flexibility index (Phi) is 3.47. The molecule has 1 spiro atoms. The van der Waals surface area contributed by atoms with Gasteiger partial charge >= 0.3 is 6.03 Å². The minimum absolute atomic E-state index is 0. The molecule has 1 amide bonds. The molecule has 5 heteroatoms. The fraction of sp³-hybridized carbons (Fsp3) is 0.667. The van der Waals surface area contributed by atoms with Gasteiger partial charge in [-0.1, -0.05) is 6.42 Å². The molecule has 1 aliphatic heterocycles. The summed E-state index contributed by atoms with van der Waals surface area (Å²) < 4.78 is 3.57. The Bertz CT molecular complexity index is 425. The minimum Gasteiger partial charge on any atom is -1.00 e. The first kappa shape index (κ1) is 12.9. The van der Waals surface area contributed by atoms with Crippen molar-refractivity contribution in [2.24, 2.45) is 12.5 Å². The Morgan fingerprint density at radius 2 is 2.12 bits per heavy atom. The maximum Gasteiger partial charge on any atom is 0.415 e. The summed E-state index contributed by atoms with van der Waals surface area (Å²) >= 11 is 0.